The molecule has 0 amide bonds. The number of hydrogen-bond acceptors (Lipinski definition) is 3. The minimum atomic E-state index is 0.991. The van der Waals surface area contributed by atoms with Crippen molar-refractivity contribution in [2.45, 2.75) is 19.3 Å². The van der Waals surface area contributed by atoms with Gasteiger partial charge in [0.2, 0.25) is 0 Å². The molecule has 74 valence electrons. The molecule has 1 fully saturated rings. The Kier molecular flexibility index (Phi) is 3.24. The average molecular weight is 189 g/mol. The quantitative estimate of drug-likeness (QED) is 0.618. The Bertz CT molecular complexity index is 269. The van der Waals surface area contributed by atoms with Gasteiger partial charge in [0.05, 0.1) is 11.9 Å². The number of fused-ring (bicyclic) bond motifs is 1. The summed E-state index contributed by atoms with van der Waals surface area (Å²) in [5.41, 5.74) is 2.12. The van der Waals surface area contributed by atoms with Crippen molar-refractivity contribution in [1.82, 2.24) is 5.32 Å². The van der Waals surface area contributed by atoms with Crippen molar-refractivity contribution in [3.63, 3.8) is 0 Å². The monoisotopic (exact) mass is 189 g/mol. The van der Waals surface area contributed by atoms with E-state index in [1.54, 1.807) is 12.4 Å². The Morgan fingerprint density at radius 3 is 2.57 bits per heavy atom. The third-order valence-corrected chi connectivity index (χ3v) is 2.38. The molecule has 3 heteroatoms. The highest BCUT2D eigenvalue weighted by atomic mass is 14.9. The summed E-state index contributed by atoms with van der Waals surface area (Å²) in [6.45, 7) is 2.50. The number of aliphatic imine (C=N–C) groups is 2. The second-order valence-corrected chi connectivity index (χ2v) is 3.50. The highest BCUT2D eigenvalue weighted by molar-refractivity contribution is 5.97. The predicted molar refractivity (Wildman–Crippen MR) is 59.9 cm³/mol. The first-order valence-electron chi connectivity index (χ1n) is 5.15. The van der Waals surface area contributed by atoms with E-state index in [9.17, 15) is 0 Å². The Morgan fingerprint density at radius 1 is 1.14 bits per heavy atom. The van der Waals surface area contributed by atoms with Crippen LogP contribution in [0, 0.1) is 0 Å². The Balaban J connectivity index is 0.000000112. The standard InChI is InChI=1S/C6H4N2.C5H11N/c1-2-8-6-4-7-3-5(1)6;1-2-4-6-5-3-1/h1-4H;6H,1-5H2. The summed E-state index contributed by atoms with van der Waals surface area (Å²) in [5, 5.41) is 3.28. The maximum Gasteiger partial charge on any atom is 0.0900 e. The van der Waals surface area contributed by atoms with Crippen LogP contribution in [0.25, 0.3) is 0 Å². The summed E-state index contributed by atoms with van der Waals surface area (Å²) in [6, 6.07) is 0. The van der Waals surface area contributed by atoms with E-state index < -0.39 is 0 Å². The summed E-state index contributed by atoms with van der Waals surface area (Å²) in [5.74, 6) is 0. The molecule has 3 rings (SSSR count). The lowest BCUT2D eigenvalue weighted by Gasteiger charge is -2.08. The van der Waals surface area contributed by atoms with Gasteiger partial charge in [-0.2, -0.15) is 0 Å². The van der Waals surface area contributed by atoms with Gasteiger partial charge in [-0.1, -0.05) is 6.42 Å². The molecule has 0 radical (unpaired) electrons. The van der Waals surface area contributed by atoms with E-state index in [1.807, 2.05) is 12.3 Å². The second kappa shape index (κ2) is 4.86. The van der Waals surface area contributed by atoms with Crippen LogP contribution < -0.4 is 5.32 Å². The van der Waals surface area contributed by atoms with Crippen molar-refractivity contribution in [2.75, 3.05) is 13.1 Å². The number of nitrogens with zero attached hydrogens (tertiary/aromatic N) is 2. The SMILES string of the molecule is C1=NC=C2N=CC=C12.C1CCNCC1. The second-order valence-electron chi connectivity index (χ2n) is 3.50. The van der Waals surface area contributed by atoms with Crippen molar-refractivity contribution in [1.29, 1.82) is 0 Å². The van der Waals surface area contributed by atoms with Crippen LogP contribution in [-0.2, 0) is 0 Å². The van der Waals surface area contributed by atoms with Gasteiger partial charge >= 0.3 is 0 Å². The van der Waals surface area contributed by atoms with Gasteiger partial charge in [0.15, 0.2) is 0 Å². The Labute approximate surface area is 84.3 Å². The van der Waals surface area contributed by atoms with Gasteiger partial charge in [-0.3, -0.25) is 9.98 Å². The van der Waals surface area contributed by atoms with Gasteiger partial charge < -0.3 is 5.32 Å². The van der Waals surface area contributed by atoms with Gasteiger partial charge in [0, 0.05) is 18.0 Å². The largest absolute Gasteiger partial charge is 0.317 e. The molecule has 14 heavy (non-hydrogen) atoms. The molecule has 0 aromatic rings. The Hall–Kier alpha value is -1.22. The molecule has 0 unspecified atom stereocenters. The number of piperidine rings is 1. The molecule has 3 heterocycles. The summed E-state index contributed by atoms with van der Waals surface area (Å²) in [4.78, 5) is 7.92. The molecular formula is C11H15N3. The van der Waals surface area contributed by atoms with E-state index in [0.29, 0.717) is 0 Å². The molecule has 0 bridgehead atoms. The zero-order valence-corrected chi connectivity index (χ0v) is 8.24. The number of nitrogens with one attached hydrogen (secondary N) is 1. The normalized spacial score (nSPS) is 22.3. The maximum absolute atomic E-state index is 4.02. The van der Waals surface area contributed by atoms with Crippen molar-refractivity contribution in [2.24, 2.45) is 9.98 Å². The van der Waals surface area contributed by atoms with Crippen LogP contribution in [0.2, 0.25) is 0 Å². The molecule has 0 aromatic carbocycles. The predicted octanol–water partition coefficient (Wildman–Crippen LogP) is 1.68. The van der Waals surface area contributed by atoms with Crippen molar-refractivity contribution < 1.29 is 0 Å². The van der Waals surface area contributed by atoms with Gasteiger partial charge in [0.25, 0.3) is 0 Å². The smallest absolute Gasteiger partial charge is 0.0900 e. The number of hydrogen-bond donors (Lipinski definition) is 1. The molecule has 1 saturated heterocycles. The van der Waals surface area contributed by atoms with Gasteiger partial charge in [0.1, 0.15) is 0 Å². The van der Waals surface area contributed by atoms with Crippen LogP contribution in [-0.4, -0.2) is 25.5 Å². The third-order valence-electron chi connectivity index (χ3n) is 2.38. The molecule has 3 aliphatic rings. The molecule has 0 aromatic heterocycles. The summed E-state index contributed by atoms with van der Waals surface area (Å²) in [7, 11) is 0. The van der Waals surface area contributed by atoms with Gasteiger partial charge in [-0.15, -0.1) is 0 Å². The van der Waals surface area contributed by atoms with Crippen molar-refractivity contribution in [3.05, 3.63) is 23.5 Å². The van der Waals surface area contributed by atoms with Crippen LogP contribution in [0.3, 0.4) is 0 Å². The zero-order valence-electron chi connectivity index (χ0n) is 8.24. The van der Waals surface area contributed by atoms with Crippen LogP contribution in [0.15, 0.2) is 33.5 Å². The highest BCUT2D eigenvalue weighted by Crippen LogP contribution is 2.17. The first kappa shape index (κ1) is 9.34. The van der Waals surface area contributed by atoms with Gasteiger partial charge in [-0.25, -0.2) is 0 Å². The van der Waals surface area contributed by atoms with Crippen LogP contribution >= 0.6 is 0 Å². The molecule has 3 nitrogen and oxygen atoms in total. The summed E-state index contributed by atoms with van der Waals surface area (Å²) >= 11 is 0. The molecule has 0 saturated carbocycles. The van der Waals surface area contributed by atoms with E-state index in [0.717, 1.165) is 11.3 Å². The fraction of sp³-hybridized carbons (Fsp3) is 0.455. The Morgan fingerprint density at radius 2 is 2.00 bits per heavy atom. The molecule has 0 spiro atoms. The van der Waals surface area contributed by atoms with Crippen molar-refractivity contribution >= 4 is 12.4 Å². The minimum Gasteiger partial charge on any atom is -0.317 e. The molecule has 3 aliphatic heterocycles. The topological polar surface area (TPSA) is 36.8 Å². The van der Waals surface area contributed by atoms with Gasteiger partial charge in [-0.05, 0) is 32.0 Å². The summed E-state index contributed by atoms with van der Waals surface area (Å²) < 4.78 is 0. The first-order valence-corrected chi connectivity index (χ1v) is 5.15. The van der Waals surface area contributed by atoms with E-state index in [4.69, 9.17) is 0 Å². The fourth-order valence-corrected chi connectivity index (χ4v) is 1.56. The molecule has 0 aliphatic carbocycles. The lowest BCUT2D eigenvalue weighted by atomic mass is 10.2. The van der Waals surface area contributed by atoms with E-state index >= 15 is 0 Å². The minimum absolute atomic E-state index is 0.991. The van der Waals surface area contributed by atoms with Crippen LogP contribution in [0.5, 0.6) is 0 Å². The summed E-state index contributed by atoms with van der Waals surface area (Å²) in [6.07, 6.45) is 11.5. The lowest BCUT2D eigenvalue weighted by Crippen LogP contribution is -2.21. The van der Waals surface area contributed by atoms with E-state index in [2.05, 4.69) is 15.3 Å². The van der Waals surface area contributed by atoms with Crippen LogP contribution in [0.4, 0.5) is 0 Å². The molecule has 1 N–H and O–H groups in total. The molecular weight excluding hydrogens is 174 g/mol. The van der Waals surface area contributed by atoms with Crippen LogP contribution in [0.1, 0.15) is 19.3 Å². The maximum atomic E-state index is 4.02. The molecule has 0 atom stereocenters. The zero-order chi connectivity index (χ0) is 9.64. The van der Waals surface area contributed by atoms with E-state index in [-0.39, 0.29) is 0 Å². The lowest BCUT2D eigenvalue weighted by molar-refractivity contribution is 0.520. The average Bonchev–Trinajstić information content (AvgIpc) is 2.82. The van der Waals surface area contributed by atoms with E-state index in [1.165, 1.54) is 32.4 Å². The first-order chi connectivity index (χ1) is 6.97. The number of allylic oxidation sites excluding steroid dienone is 2. The number of rotatable bonds is 0. The third kappa shape index (κ3) is 2.39. The highest BCUT2D eigenvalue weighted by Gasteiger charge is 2.07. The van der Waals surface area contributed by atoms with Crippen molar-refractivity contribution in [3.8, 4) is 0 Å². The fourth-order valence-electron chi connectivity index (χ4n) is 1.56.